The van der Waals surface area contributed by atoms with Crippen LogP contribution < -0.4 is 0 Å². The number of hydrogen-bond donors (Lipinski definition) is 1. The molecule has 80 valence electrons. The fraction of sp³-hybridized carbons (Fsp3) is 0.727. The van der Waals surface area contributed by atoms with E-state index in [4.69, 9.17) is 4.74 Å². The Labute approximate surface area is 84.8 Å². The number of ether oxygens (including phenoxy) is 1. The summed E-state index contributed by atoms with van der Waals surface area (Å²) in [6.07, 6.45) is 7.59. The summed E-state index contributed by atoms with van der Waals surface area (Å²) in [7, 11) is 1.42. The quantitative estimate of drug-likeness (QED) is 0.515. The second kappa shape index (κ2) is 5.81. The third-order valence-electron chi connectivity index (χ3n) is 2.62. The summed E-state index contributed by atoms with van der Waals surface area (Å²) in [4.78, 5) is 11.3. The number of hydrogen-bond acceptors (Lipinski definition) is 3. The van der Waals surface area contributed by atoms with Crippen LogP contribution in [0.3, 0.4) is 0 Å². The molecule has 2 atom stereocenters. The summed E-state index contributed by atoms with van der Waals surface area (Å²) in [5.74, 6) is -0.160. The third kappa shape index (κ3) is 3.50. The van der Waals surface area contributed by atoms with Crippen molar-refractivity contribution < 1.29 is 14.6 Å². The van der Waals surface area contributed by atoms with Crippen LogP contribution >= 0.6 is 0 Å². The Kier molecular flexibility index (Phi) is 4.66. The molecule has 0 saturated carbocycles. The van der Waals surface area contributed by atoms with E-state index in [9.17, 15) is 9.90 Å². The van der Waals surface area contributed by atoms with Gasteiger partial charge in [0, 0.05) is 0 Å². The van der Waals surface area contributed by atoms with Crippen molar-refractivity contribution in [3.05, 3.63) is 12.2 Å². The summed E-state index contributed by atoms with van der Waals surface area (Å²) in [5.41, 5.74) is 0. The minimum atomic E-state index is -0.248. The molecule has 1 aliphatic rings. The van der Waals surface area contributed by atoms with Crippen LogP contribution in [0.2, 0.25) is 0 Å². The Hall–Kier alpha value is -0.830. The van der Waals surface area contributed by atoms with Crippen molar-refractivity contribution in [3.63, 3.8) is 0 Å². The van der Waals surface area contributed by atoms with E-state index >= 15 is 0 Å². The molecule has 0 bridgehead atoms. The molecule has 1 N–H and O–H groups in total. The van der Waals surface area contributed by atoms with Crippen molar-refractivity contribution in [1.82, 2.24) is 0 Å². The van der Waals surface area contributed by atoms with Gasteiger partial charge in [-0.1, -0.05) is 12.2 Å². The summed E-state index contributed by atoms with van der Waals surface area (Å²) < 4.78 is 4.72. The van der Waals surface area contributed by atoms with Gasteiger partial charge in [0.15, 0.2) is 0 Å². The van der Waals surface area contributed by atoms with E-state index in [0.29, 0.717) is 6.42 Å². The van der Waals surface area contributed by atoms with Crippen LogP contribution in [0.1, 0.15) is 32.1 Å². The van der Waals surface area contributed by atoms with Crippen molar-refractivity contribution in [2.24, 2.45) is 5.92 Å². The molecule has 2 unspecified atom stereocenters. The monoisotopic (exact) mass is 198 g/mol. The molecule has 14 heavy (non-hydrogen) atoms. The van der Waals surface area contributed by atoms with E-state index in [1.165, 1.54) is 7.11 Å². The standard InChI is InChI=1S/C11H18O3/c1-14-11(13)9-5-2-3-7-10(12)8-4-6-9/h2-3,9-10,12H,4-8H2,1H3/b3-2-. The summed E-state index contributed by atoms with van der Waals surface area (Å²) in [6, 6.07) is 0. The van der Waals surface area contributed by atoms with Gasteiger partial charge in [-0.2, -0.15) is 0 Å². The van der Waals surface area contributed by atoms with Gasteiger partial charge in [-0.3, -0.25) is 4.79 Å². The van der Waals surface area contributed by atoms with Gasteiger partial charge in [-0.05, 0) is 32.1 Å². The molecule has 0 aromatic heterocycles. The average molecular weight is 198 g/mol. The van der Waals surface area contributed by atoms with Crippen LogP contribution in [-0.2, 0) is 9.53 Å². The molecule has 1 aliphatic carbocycles. The van der Waals surface area contributed by atoms with Crippen LogP contribution in [0.25, 0.3) is 0 Å². The molecule has 0 amide bonds. The van der Waals surface area contributed by atoms with E-state index in [1.807, 2.05) is 12.2 Å². The molecule has 0 radical (unpaired) electrons. The minimum absolute atomic E-state index is 0.0263. The summed E-state index contributed by atoms with van der Waals surface area (Å²) in [6.45, 7) is 0. The smallest absolute Gasteiger partial charge is 0.308 e. The molecule has 0 fully saturated rings. The Morgan fingerprint density at radius 1 is 1.36 bits per heavy atom. The van der Waals surface area contributed by atoms with Crippen LogP contribution in [0.4, 0.5) is 0 Å². The fourth-order valence-corrected chi connectivity index (χ4v) is 1.73. The Morgan fingerprint density at radius 2 is 2.07 bits per heavy atom. The van der Waals surface area contributed by atoms with Gasteiger partial charge in [-0.15, -0.1) is 0 Å². The van der Waals surface area contributed by atoms with Gasteiger partial charge in [0.25, 0.3) is 0 Å². The first-order valence-corrected chi connectivity index (χ1v) is 5.15. The zero-order chi connectivity index (χ0) is 10.4. The fourth-order valence-electron chi connectivity index (χ4n) is 1.73. The van der Waals surface area contributed by atoms with Gasteiger partial charge in [-0.25, -0.2) is 0 Å². The highest BCUT2D eigenvalue weighted by Crippen LogP contribution is 2.19. The lowest BCUT2D eigenvalue weighted by Gasteiger charge is -2.11. The van der Waals surface area contributed by atoms with Gasteiger partial charge < -0.3 is 9.84 Å². The first-order valence-electron chi connectivity index (χ1n) is 5.15. The molecule has 0 aromatic rings. The molecule has 3 nitrogen and oxygen atoms in total. The maximum absolute atomic E-state index is 11.3. The maximum atomic E-state index is 11.3. The molecule has 0 aliphatic heterocycles. The molecular formula is C11H18O3. The summed E-state index contributed by atoms with van der Waals surface area (Å²) >= 11 is 0. The van der Waals surface area contributed by atoms with Crippen molar-refractivity contribution in [3.8, 4) is 0 Å². The molecule has 0 saturated heterocycles. The van der Waals surface area contributed by atoms with Crippen LogP contribution in [0.5, 0.6) is 0 Å². The molecule has 0 heterocycles. The molecule has 3 heteroatoms. The highest BCUT2D eigenvalue weighted by Gasteiger charge is 2.18. The van der Waals surface area contributed by atoms with Gasteiger partial charge in [0.05, 0.1) is 19.1 Å². The van der Waals surface area contributed by atoms with Gasteiger partial charge >= 0.3 is 5.97 Å². The first-order chi connectivity index (χ1) is 6.74. The zero-order valence-corrected chi connectivity index (χ0v) is 8.61. The minimum Gasteiger partial charge on any atom is -0.469 e. The molecule has 1 rings (SSSR count). The van der Waals surface area contributed by atoms with Gasteiger partial charge in [0.2, 0.25) is 0 Å². The second-order valence-corrected chi connectivity index (χ2v) is 3.75. The van der Waals surface area contributed by atoms with E-state index in [1.54, 1.807) is 0 Å². The first kappa shape index (κ1) is 11.2. The summed E-state index contributed by atoms with van der Waals surface area (Å²) in [5, 5.41) is 9.45. The number of allylic oxidation sites excluding steroid dienone is 1. The van der Waals surface area contributed by atoms with Crippen LogP contribution in [0.15, 0.2) is 12.2 Å². The average Bonchev–Trinajstić information content (AvgIpc) is 2.29. The third-order valence-corrected chi connectivity index (χ3v) is 2.62. The number of esters is 1. The zero-order valence-electron chi connectivity index (χ0n) is 8.61. The lowest BCUT2D eigenvalue weighted by Crippen LogP contribution is -2.15. The van der Waals surface area contributed by atoms with Gasteiger partial charge in [0.1, 0.15) is 0 Å². The van der Waals surface area contributed by atoms with Crippen molar-refractivity contribution >= 4 is 5.97 Å². The number of carbonyl (C=O) groups is 1. The number of rotatable bonds is 1. The van der Waals surface area contributed by atoms with E-state index in [2.05, 4.69) is 0 Å². The van der Waals surface area contributed by atoms with Crippen LogP contribution in [-0.4, -0.2) is 24.3 Å². The normalized spacial score (nSPS) is 31.0. The van der Waals surface area contributed by atoms with Crippen molar-refractivity contribution in [1.29, 1.82) is 0 Å². The molecular weight excluding hydrogens is 180 g/mol. The molecule has 0 aromatic carbocycles. The Balaban J connectivity index is 2.49. The molecule has 0 spiro atoms. The number of carbonyl (C=O) groups excluding carboxylic acids is 1. The van der Waals surface area contributed by atoms with Crippen LogP contribution in [0, 0.1) is 5.92 Å². The SMILES string of the molecule is COC(=O)C1C/C=C\CC(O)CCC1. The maximum Gasteiger partial charge on any atom is 0.308 e. The number of aliphatic hydroxyl groups is 1. The predicted octanol–water partition coefficient (Wildman–Crippen LogP) is 1.66. The Morgan fingerprint density at radius 3 is 2.79 bits per heavy atom. The van der Waals surface area contributed by atoms with Crippen molar-refractivity contribution in [2.45, 2.75) is 38.2 Å². The van der Waals surface area contributed by atoms with E-state index in [-0.39, 0.29) is 18.0 Å². The Bertz CT molecular complexity index is 211. The number of methoxy groups -OCH3 is 1. The second-order valence-electron chi connectivity index (χ2n) is 3.75. The highest BCUT2D eigenvalue weighted by atomic mass is 16.5. The van der Waals surface area contributed by atoms with E-state index in [0.717, 1.165) is 25.7 Å². The lowest BCUT2D eigenvalue weighted by molar-refractivity contribution is -0.145. The largest absolute Gasteiger partial charge is 0.469 e. The highest BCUT2D eigenvalue weighted by molar-refractivity contribution is 5.72. The lowest BCUT2D eigenvalue weighted by atomic mass is 9.98. The number of aliphatic hydroxyl groups excluding tert-OH is 1. The topological polar surface area (TPSA) is 46.5 Å². The van der Waals surface area contributed by atoms with Crippen molar-refractivity contribution in [2.75, 3.05) is 7.11 Å². The predicted molar refractivity (Wildman–Crippen MR) is 53.7 cm³/mol. The van der Waals surface area contributed by atoms with E-state index < -0.39 is 0 Å².